The minimum atomic E-state index is -0.869. The number of rotatable bonds is 3. The molecule has 1 amide bonds. The van der Waals surface area contributed by atoms with Crippen LogP contribution in [0.3, 0.4) is 0 Å². The van der Waals surface area contributed by atoms with Crippen LogP contribution in [0.25, 0.3) is 0 Å². The summed E-state index contributed by atoms with van der Waals surface area (Å²) in [5.41, 5.74) is 0. The van der Waals surface area contributed by atoms with Crippen LogP contribution < -0.4 is 0 Å². The highest BCUT2D eigenvalue weighted by atomic mass is 32.2. The van der Waals surface area contributed by atoms with E-state index < -0.39 is 12.0 Å². The first kappa shape index (κ1) is 12.7. The van der Waals surface area contributed by atoms with Gasteiger partial charge in [0.15, 0.2) is 0 Å². The first-order valence-electron chi connectivity index (χ1n) is 6.28. The molecule has 1 N–H and O–H groups in total. The third-order valence-corrected chi connectivity index (χ3v) is 4.69. The van der Waals surface area contributed by atoms with Crippen LogP contribution in [0.1, 0.15) is 38.5 Å². The molecule has 2 aliphatic rings. The van der Waals surface area contributed by atoms with Crippen molar-refractivity contribution in [3.63, 3.8) is 0 Å². The fourth-order valence-electron chi connectivity index (χ4n) is 2.65. The molecule has 4 nitrogen and oxygen atoms in total. The summed E-state index contributed by atoms with van der Waals surface area (Å²) in [5.74, 6) is 0.728. The highest BCUT2D eigenvalue weighted by Crippen LogP contribution is 2.29. The lowest BCUT2D eigenvalue weighted by atomic mass is 9.86. The van der Waals surface area contributed by atoms with Gasteiger partial charge < -0.3 is 10.0 Å². The number of thioether (sulfide) groups is 1. The van der Waals surface area contributed by atoms with Crippen LogP contribution in [0.4, 0.5) is 0 Å². The first-order valence-corrected chi connectivity index (χ1v) is 7.44. The number of aliphatic carboxylic acids is 1. The van der Waals surface area contributed by atoms with Gasteiger partial charge in [-0.05, 0) is 18.8 Å². The zero-order valence-corrected chi connectivity index (χ0v) is 10.7. The maximum absolute atomic E-state index is 12.1. The van der Waals surface area contributed by atoms with Gasteiger partial charge in [-0.15, -0.1) is 11.8 Å². The van der Waals surface area contributed by atoms with Crippen LogP contribution >= 0.6 is 11.8 Å². The third kappa shape index (κ3) is 3.15. The van der Waals surface area contributed by atoms with E-state index in [0.29, 0.717) is 24.0 Å². The minimum Gasteiger partial charge on any atom is -0.480 e. The molecule has 2 fully saturated rings. The molecule has 0 unspecified atom stereocenters. The van der Waals surface area contributed by atoms with Crippen LogP contribution in [0.2, 0.25) is 0 Å². The molecule has 1 aliphatic heterocycles. The van der Waals surface area contributed by atoms with Gasteiger partial charge >= 0.3 is 5.97 Å². The second kappa shape index (κ2) is 5.76. The second-order valence-electron chi connectivity index (χ2n) is 4.93. The Morgan fingerprint density at radius 1 is 1.24 bits per heavy atom. The van der Waals surface area contributed by atoms with Gasteiger partial charge in [0, 0.05) is 12.2 Å². The molecule has 1 atom stereocenters. The Bertz CT molecular complexity index is 302. The molecular weight excluding hydrogens is 238 g/mol. The van der Waals surface area contributed by atoms with Gasteiger partial charge in [-0.1, -0.05) is 19.3 Å². The van der Waals surface area contributed by atoms with Gasteiger partial charge in [0.25, 0.3) is 0 Å². The summed E-state index contributed by atoms with van der Waals surface area (Å²) in [7, 11) is 0. The second-order valence-corrected chi connectivity index (χ2v) is 5.93. The Kier molecular flexibility index (Phi) is 4.31. The highest BCUT2D eigenvalue weighted by Gasteiger charge is 2.35. The number of amides is 1. The Morgan fingerprint density at radius 3 is 2.59 bits per heavy atom. The summed E-state index contributed by atoms with van der Waals surface area (Å²) in [4.78, 5) is 24.6. The molecule has 0 aromatic carbocycles. The summed E-state index contributed by atoms with van der Waals surface area (Å²) >= 11 is 1.53. The summed E-state index contributed by atoms with van der Waals surface area (Å²) in [6.07, 6.45) is 6.52. The normalized spacial score (nSPS) is 26.1. The highest BCUT2D eigenvalue weighted by molar-refractivity contribution is 7.99. The standard InChI is InChI=1S/C12H19NO3S/c14-11(6-9-4-2-1-3-5-9)13-8-17-7-10(13)12(15)16/h9-10H,1-8H2,(H,15,16)/t10-/m0/s1. The fraction of sp³-hybridized carbons (Fsp3) is 0.833. The van der Waals surface area contributed by atoms with Crippen LogP contribution in [0.5, 0.6) is 0 Å². The zero-order chi connectivity index (χ0) is 12.3. The topological polar surface area (TPSA) is 57.6 Å². The van der Waals surface area contributed by atoms with E-state index in [1.807, 2.05) is 0 Å². The maximum Gasteiger partial charge on any atom is 0.327 e. The minimum absolute atomic E-state index is 0.0364. The summed E-state index contributed by atoms with van der Waals surface area (Å²) in [6, 6.07) is -0.601. The predicted molar refractivity (Wildman–Crippen MR) is 66.8 cm³/mol. The van der Waals surface area contributed by atoms with E-state index in [0.717, 1.165) is 12.8 Å². The van der Waals surface area contributed by atoms with Crippen molar-refractivity contribution in [1.82, 2.24) is 4.90 Å². The number of carboxylic acid groups (broad SMARTS) is 1. The van der Waals surface area contributed by atoms with E-state index in [-0.39, 0.29) is 5.91 Å². The van der Waals surface area contributed by atoms with E-state index in [1.165, 1.54) is 31.0 Å². The molecule has 0 spiro atoms. The van der Waals surface area contributed by atoms with Crippen molar-refractivity contribution in [2.75, 3.05) is 11.6 Å². The van der Waals surface area contributed by atoms with Crippen LogP contribution in [-0.4, -0.2) is 39.6 Å². The average Bonchev–Trinajstić information content (AvgIpc) is 2.79. The number of carbonyl (C=O) groups is 2. The van der Waals surface area contributed by atoms with Gasteiger partial charge in [0.05, 0.1) is 5.88 Å². The molecular formula is C12H19NO3S. The molecule has 96 valence electrons. The van der Waals surface area contributed by atoms with Crippen molar-refractivity contribution in [3.8, 4) is 0 Å². The molecule has 0 aromatic heterocycles. The summed E-state index contributed by atoms with van der Waals surface area (Å²) < 4.78 is 0. The maximum atomic E-state index is 12.1. The van der Waals surface area contributed by atoms with Gasteiger partial charge in [-0.25, -0.2) is 4.79 Å². The van der Waals surface area contributed by atoms with Gasteiger partial charge in [-0.2, -0.15) is 0 Å². The van der Waals surface area contributed by atoms with E-state index in [1.54, 1.807) is 4.90 Å². The molecule has 1 saturated heterocycles. The van der Waals surface area contributed by atoms with Crippen molar-refractivity contribution in [1.29, 1.82) is 0 Å². The molecule has 2 rings (SSSR count). The van der Waals surface area contributed by atoms with E-state index in [2.05, 4.69) is 0 Å². The lowest BCUT2D eigenvalue weighted by Crippen LogP contribution is -2.42. The van der Waals surface area contributed by atoms with E-state index in [4.69, 9.17) is 5.11 Å². The molecule has 0 aromatic rings. The summed E-state index contributed by atoms with van der Waals surface area (Å²) in [5, 5.41) is 9.03. The largest absolute Gasteiger partial charge is 0.480 e. The molecule has 0 bridgehead atoms. The lowest BCUT2D eigenvalue weighted by molar-refractivity contribution is -0.148. The predicted octanol–water partition coefficient (Wildman–Crippen LogP) is 1.94. The summed E-state index contributed by atoms with van der Waals surface area (Å²) in [6.45, 7) is 0. The van der Waals surface area contributed by atoms with Crippen molar-refractivity contribution >= 4 is 23.6 Å². The number of carboxylic acids is 1. The molecule has 17 heavy (non-hydrogen) atoms. The van der Waals surface area contributed by atoms with E-state index >= 15 is 0 Å². The average molecular weight is 257 g/mol. The zero-order valence-electron chi connectivity index (χ0n) is 9.93. The molecule has 5 heteroatoms. The number of carbonyl (C=O) groups excluding carboxylic acids is 1. The first-order chi connectivity index (χ1) is 8.18. The van der Waals surface area contributed by atoms with Crippen LogP contribution in [-0.2, 0) is 9.59 Å². The van der Waals surface area contributed by atoms with E-state index in [9.17, 15) is 9.59 Å². The van der Waals surface area contributed by atoms with Gasteiger partial charge in [0.1, 0.15) is 6.04 Å². The monoisotopic (exact) mass is 257 g/mol. The van der Waals surface area contributed by atoms with Gasteiger partial charge in [-0.3, -0.25) is 4.79 Å². The van der Waals surface area contributed by atoms with Crippen molar-refractivity contribution in [3.05, 3.63) is 0 Å². The van der Waals surface area contributed by atoms with Crippen LogP contribution in [0.15, 0.2) is 0 Å². The Labute approximate surface area is 106 Å². The number of nitrogens with zero attached hydrogens (tertiary/aromatic N) is 1. The third-order valence-electron chi connectivity index (χ3n) is 3.68. The molecule has 1 saturated carbocycles. The van der Waals surface area contributed by atoms with Crippen molar-refractivity contribution in [2.24, 2.45) is 5.92 Å². The van der Waals surface area contributed by atoms with Crippen LogP contribution in [0, 0.1) is 5.92 Å². The Hall–Kier alpha value is -0.710. The molecule has 0 radical (unpaired) electrons. The number of hydrogen-bond acceptors (Lipinski definition) is 3. The lowest BCUT2D eigenvalue weighted by Gasteiger charge is -2.25. The SMILES string of the molecule is O=C(O)[C@@H]1CSCN1C(=O)CC1CCCCC1. The van der Waals surface area contributed by atoms with Crippen molar-refractivity contribution < 1.29 is 14.7 Å². The smallest absolute Gasteiger partial charge is 0.327 e. The van der Waals surface area contributed by atoms with Crippen molar-refractivity contribution in [2.45, 2.75) is 44.6 Å². The Morgan fingerprint density at radius 2 is 1.94 bits per heavy atom. The van der Waals surface area contributed by atoms with Gasteiger partial charge in [0.2, 0.25) is 5.91 Å². The quantitative estimate of drug-likeness (QED) is 0.839. The molecule has 1 aliphatic carbocycles. The number of hydrogen-bond donors (Lipinski definition) is 1. The fourth-order valence-corrected chi connectivity index (χ4v) is 3.82. The Balaban J connectivity index is 1.88. The molecule has 1 heterocycles.